The van der Waals surface area contributed by atoms with E-state index in [1.54, 1.807) is 0 Å². The number of benzene rings is 1. The van der Waals surface area contributed by atoms with Crippen LogP contribution in [0.5, 0.6) is 0 Å². The van der Waals surface area contributed by atoms with Crippen molar-refractivity contribution in [3.63, 3.8) is 0 Å². The molecule has 0 unspecified atom stereocenters. The normalized spacial score (nSPS) is 11.6. The van der Waals surface area contributed by atoms with Gasteiger partial charge in [-0.15, -0.1) is 0 Å². The van der Waals surface area contributed by atoms with Crippen molar-refractivity contribution < 1.29 is 31.1 Å². The van der Waals surface area contributed by atoms with Crippen molar-refractivity contribution in [3.05, 3.63) is 35.1 Å². The molecule has 0 amide bonds. The standard InChI is InChI=1S/C10H6F6O/c11-6-3-1-5(8(12)9(6)13)2-4-7(17)10(14,15)16/h1,3H,2,4H2. The Morgan fingerprint density at radius 1 is 1.06 bits per heavy atom. The quantitative estimate of drug-likeness (QED) is 0.599. The smallest absolute Gasteiger partial charge is 0.290 e. The van der Waals surface area contributed by atoms with Gasteiger partial charge in [0, 0.05) is 6.42 Å². The lowest BCUT2D eigenvalue weighted by Crippen LogP contribution is -2.23. The summed E-state index contributed by atoms with van der Waals surface area (Å²) in [7, 11) is 0. The Balaban J connectivity index is 2.78. The molecule has 94 valence electrons. The first kappa shape index (κ1) is 13.5. The highest BCUT2D eigenvalue weighted by molar-refractivity contribution is 5.84. The molecule has 0 bridgehead atoms. The fourth-order valence-electron chi connectivity index (χ4n) is 1.15. The van der Waals surface area contributed by atoms with Gasteiger partial charge >= 0.3 is 6.18 Å². The van der Waals surface area contributed by atoms with E-state index >= 15 is 0 Å². The Morgan fingerprint density at radius 3 is 2.18 bits per heavy atom. The Hall–Kier alpha value is -1.53. The molecule has 0 radical (unpaired) electrons. The molecule has 17 heavy (non-hydrogen) atoms. The summed E-state index contributed by atoms with van der Waals surface area (Å²) in [5, 5.41) is 0. The second-order valence-corrected chi connectivity index (χ2v) is 3.26. The van der Waals surface area contributed by atoms with Crippen LogP contribution < -0.4 is 0 Å². The fourth-order valence-corrected chi connectivity index (χ4v) is 1.15. The van der Waals surface area contributed by atoms with Gasteiger partial charge in [-0.2, -0.15) is 13.2 Å². The number of carbonyl (C=O) groups is 1. The molecule has 0 atom stereocenters. The summed E-state index contributed by atoms with van der Waals surface area (Å²) >= 11 is 0. The van der Waals surface area contributed by atoms with E-state index in [-0.39, 0.29) is 0 Å². The average Bonchev–Trinajstić information content (AvgIpc) is 2.23. The van der Waals surface area contributed by atoms with Crippen LogP contribution in [0.2, 0.25) is 0 Å². The van der Waals surface area contributed by atoms with Crippen LogP contribution >= 0.6 is 0 Å². The van der Waals surface area contributed by atoms with Crippen LogP contribution in [0.25, 0.3) is 0 Å². The van der Waals surface area contributed by atoms with Crippen LogP contribution in [0, 0.1) is 17.5 Å². The lowest BCUT2D eigenvalue weighted by Gasteiger charge is -2.06. The minimum Gasteiger partial charge on any atom is -0.290 e. The predicted octanol–water partition coefficient (Wildman–Crippen LogP) is 3.17. The molecular weight excluding hydrogens is 250 g/mol. The molecule has 0 aliphatic heterocycles. The first-order valence-electron chi connectivity index (χ1n) is 4.46. The van der Waals surface area contributed by atoms with Crippen molar-refractivity contribution >= 4 is 5.78 Å². The van der Waals surface area contributed by atoms with Crippen LogP contribution in [0.3, 0.4) is 0 Å². The molecular formula is C10H6F6O. The lowest BCUT2D eigenvalue weighted by atomic mass is 10.1. The van der Waals surface area contributed by atoms with E-state index in [0.717, 1.165) is 6.07 Å². The highest BCUT2D eigenvalue weighted by Crippen LogP contribution is 2.21. The number of carbonyl (C=O) groups excluding carboxylic acids is 1. The summed E-state index contributed by atoms with van der Waals surface area (Å²) in [6.45, 7) is 0. The molecule has 0 aromatic heterocycles. The van der Waals surface area contributed by atoms with Crippen LogP contribution in [-0.4, -0.2) is 12.0 Å². The number of hydrogen-bond donors (Lipinski definition) is 0. The largest absolute Gasteiger partial charge is 0.449 e. The van der Waals surface area contributed by atoms with Crippen molar-refractivity contribution in [2.75, 3.05) is 0 Å². The maximum absolute atomic E-state index is 13.0. The summed E-state index contributed by atoms with van der Waals surface area (Å²) < 4.78 is 73.6. The van der Waals surface area contributed by atoms with Gasteiger partial charge in [0.15, 0.2) is 17.5 Å². The van der Waals surface area contributed by atoms with E-state index in [2.05, 4.69) is 0 Å². The number of alkyl halides is 3. The van der Waals surface area contributed by atoms with E-state index < -0.39 is 47.8 Å². The SMILES string of the molecule is O=C(CCc1ccc(F)c(F)c1F)C(F)(F)F. The molecule has 0 saturated heterocycles. The Morgan fingerprint density at radius 2 is 1.65 bits per heavy atom. The number of halogens is 6. The van der Waals surface area contributed by atoms with E-state index in [1.165, 1.54) is 0 Å². The van der Waals surface area contributed by atoms with Crippen LogP contribution in [-0.2, 0) is 11.2 Å². The first-order chi connectivity index (χ1) is 7.73. The van der Waals surface area contributed by atoms with Crippen molar-refractivity contribution in [1.29, 1.82) is 0 Å². The van der Waals surface area contributed by atoms with Gasteiger partial charge in [-0.05, 0) is 18.1 Å². The zero-order valence-corrected chi connectivity index (χ0v) is 8.24. The van der Waals surface area contributed by atoms with Crippen molar-refractivity contribution in [1.82, 2.24) is 0 Å². The maximum atomic E-state index is 13.0. The Labute approximate surface area is 92.0 Å². The molecule has 1 aromatic carbocycles. The highest BCUT2D eigenvalue weighted by Gasteiger charge is 2.37. The molecule has 0 aliphatic rings. The molecule has 1 rings (SSSR count). The number of hydrogen-bond acceptors (Lipinski definition) is 1. The summed E-state index contributed by atoms with van der Waals surface area (Å²) in [6, 6.07) is 1.39. The Kier molecular flexibility index (Phi) is 3.79. The van der Waals surface area contributed by atoms with Crippen LogP contribution in [0.15, 0.2) is 12.1 Å². The van der Waals surface area contributed by atoms with E-state index in [0.29, 0.717) is 6.07 Å². The predicted molar refractivity (Wildman–Crippen MR) is 45.7 cm³/mol. The van der Waals surface area contributed by atoms with Gasteiger partial charge in [-0.25, -0.2) is 13.2 Å². The van der Waals surface area contributed by atoms with Gasteiger partial charge in [0.2, 0.25) is 5.78 Å². The minimum atomic E-state index is -5.00. The van der Waals surface area contributed by atoms with Crippen LogP contribution in [0.1, 0.15) is 12.0 Å². The number of aryl methyl sites for hydroxylation is 1. The fraction of sp³-hybridized carbons (Fsp3) is 0.300. The third kappa shape index (κ3) is 3.21. The summed E-state index contributed by atoms with van der Waals surface area (Å²) in [4.78, 5) is 10.5. The molecule has 0 spiro atoms. The van der Waals surface area contributed by atoms with E-state index in [9.17, 15) is 31.1 Å². The van der Waals surface area contributed by atoms with Gasteiger partial charge in [0.1, 0.15) is 0 Å². The van der Waals surface area contributed by atoms with Gasteiger partial charge in [0.25, 0.3) is 0 Å². The van der Waals surface area contributed by atoms with Gasteiger partial charge in [-0.3, -0.25) is 4.79 Å². The zero-order chi connectivity index (χ0) is 13.2. The van der Waals surface area contributed by atoms with Crippen LogP contribution in [0.4, 0.5) is 26.3 Å². The second-order valence-electron chi connectivity index (χ2n) is 3.26. The second kappa shape index (κ2) is 4.77. The monoisotopic (exact) mass is 256 g/mol. The summed E-state index contributed by atoms with van der Waals surface area (Å²) in [6.07, 6.45) is -6.65. The number of ketones is 1. The lowest BCUT2D eigenvalue weighted by molar-refractivity contribution is -0.171. The topological polar surface area (TPSA) is 17.1 Å². The Bertz CT molecular complexity index is 437. The van der Waals surface area contributed by atoms with Gasteiger partial charge in [-0.1, -0.05) is 6.07 Å². The molecule has 7 heteroatoms. The number of Topliss-reactive ketones (excluding diaryl/α,β-unsaturated/α-hetero) is 1. The molecule has 1 nitrogen and oxygen atoms in total. The number of rotatable bonds is 3. The van der Waals surface area contributed by atoms with E-state index in [4.69, 9.17) is 0 Å². The summed E-state index contributed by atoms with van der Waals surface area (Å²) in [5.74, 6) is -6.81. The van der Waals surface area contributed by atoms with E-state index in [1.807, 2.05) is 0 Å². The van der Waals surface area contributed by atoms with Gasteiger partial charge < -0.3 is 0 Å². The van der Waals surface area contributed by atoms with Crippen molar-refractivity contribution in [3.8, 4) is 0 Å². The molecule has 0 fully saturated rings. The minimum absolute atomic E-state index is 0.471. The molecule has 0 aliphatic carbocycles. The summed E-state index contributed by atoms with van der Waals surface area (Å²) in [5.41, 5.74) is -0.471. The molecule has 1 aromatic rings. The average molecular weight is 256 g/mol. The van der Waals surface area contributed by atoms with Crippen molar-refractivity contribution in [2.45, 2.75) is 19.0 Å². The maximum Gasteiger partial charge on any atom is 0.449 e. The molecule has 0 N–H and O–H groups in total. The zero-order valence-electron chi connectivity index (χ0n) is 8.24. The highest BCUT2D eigenvalue weighted by atomic mass is 19.4. The third-order valence-electron chi connectivity index (χ3n) is 2.05. The third-order valence-corrected chi connectivity index (χ3v) is 2.05. The van der Waals surface area contributed by atoms with Gasteiger partial charge in [0.05, 0.1) is 0 Å². The molecule has 0 saturated carbocycles. The molecule has 0 heterocycles. The first-order valence-corrected chi connectivity index (χ1v) is 4.46. The van der Waals surface area contributed by atoms with Crippen molar-refractivity contribution in [2.24, 2.45) is 0 Å².